The van der Waals surface area contributed by atoms with Gasteiger partial charge in [0.15, 0.2) is 0 Å². The fourth-order valence-corrected chi connectivity index (χ4v) is 2.99. The first-order valence-corrected chi connectivity index (χ1v) is 7.53. The maximum Gasteiger partial charge on any atom is 0.122 e. The van der Waals surface area contributed by atoms with Crippen LogP contribution >= 0.6 is 0 Å². The molecular weight excluding hydrogens is 278 g/mol. The Bertz CT molecular complexity index is 606. The fourth-order valence-electron chi connectivity index (χ4n) is 2.99. The average molecular weight is 299 g/mol. The molecule has 0 unspecified atom stereocenters. The van der Waals surface area contributed by atoms with Gasteiger partial charge in [0, 0.05) is 50.2 Å². The highest BCUT2D eigenvalue weighted by molar-refractivity contribution is 5.22. The second kappa shape index (κ2) is 6.85. The van der Waals surface area contributed by atoms with Gasteiger partial charge in [0.05, 0.1) is 18.9 Å². The van der Waals surface area contributed by atoms with Crippen LogP contribution in [0.15, 0.2) is 42.9 Å². The molecule has 0 aromatic carbocycles. The van der Waals surface area contributed by atoms with E-state index in [2.05, 4.69) is 14.9 Å². The van der Waals surface area contributed by atoms with E-state index in [0.717, 1.165) is 31.0 Å². The normalized spacial score (nSPS) is 21.9. The number of nitrogens with zero attached hydrogens (tertiary/aromatic N) is 3. The highest BCUT2D eigenvalue weighted by Gasteiger charge is 2.31. The lowest BCUT2D eigenvalue weighted by Gasteiger charge is -2.15. The van der Waals surface area contributed by atoms with Crippen molar-refractivity contribution < 1.29 is 9.84 Å². The molecule has 1 saturated heterocycles. The van der Waals surface area contributed by atoms with Crippen molar-refractivity contribution in [3.05, 3.63) is 54.1 Å². The Morgan fingerprint density at radius 3 is 2.82 bits per heavy atom. The number of aromatic nitrogens is 2. The van der Waals surface area contributed by atoms with Gasteiger partial charge in [0.25, 0.3) is 0 Å². The Hall–Kier alpha value is -1.98. The quantitative estimate of drug-likeness (QED) is 0.907. The maximum absolute atomic E-state index is 10.3. The topological polar surface area (TPSA) is 58.5 Å². The molecular formula is C17H21N3O2. The molecule has 2 atom stereocenters. The molecule has 2 aromatic rings. The first kappa shape index (κ1) is 14.9. The molecule has 5 nitrogen and oxygen atoms in total. The summed E-state index contributed by atoms with van der Waals surface area (Å²) in [7, 11) is 1.66. The standard InChI is InChI=1S/C17H21N3O2/c1-22-16-4-7-19-15(9-16)11-20-10-14(17(21)12-20)8-13-2-5-18-6-3-13/h2-7,9,14,17,21H,8,10-12H2,1H3/t14-,17-/m1/s1. The largest absolute Gasteiger partial charge is 0.497 e. The number of rotatable bonds is 5. The predicted molar refractivity (Wildman–Crippen MR) is 83.5 cm³/mol. The van der Waals surface area contributed by atoms with Crippen molar-refractivity contribution in [1.29, 1.82) is 0 Å². The summed E-state index contributed by atoms with van der Waals surface area (Å²) < 4.78 is 5.23. The van der Waals surface area contributed by atoms with E-state index in [4.69, 9.17) is 4.74 Å². The minimum Gasteiger partial charge on any atom is -0.497 e. The van der Waals surface area contributed by atoms with Gasteiger partial charge >= 0.3 is 0 Å². The van der Waals surface area contributed by atoms with Crippen molar-refractivity contribution in [2.24, 2.45) is 5.92 Å². The third-order valence-corrected chi connectivity index (χ3v) is 4.14. The van der Waals surface area contributed by atoms with Crippen molar-refractivity contribution >= 4 is 0 Å². The summed E-state index contributed by atoms with van der Waals surface area (Å²) >= 11 is 0. The van der Waals surface area contributed by atoms with Gasteiger partial charge in [-0.15, -0.1) is 0 Å². The van der Waals surface area contributed by atoms with Crippen LogP contribution in [0.3, 0.4) is 0 Å². The monoisotopic (exact) mass is 299 g/mol. The fraction of sp³-hybridized carbons (Fsp3) is 0.412. The third-order valence-electron chi connectivity index (χ3n) is 4.14. The summed E-state index contributed by atoms with van der Waals surface area (Å²) in [6.07, 6.45) is 5.95. The second-order valence-corrected chi connectivity index (χ2v) is 5.77. The van der Waals surface area contributed by atoms with Crippen molar-refractivity contribution in [1.82, 2.24) is 14.9 Å². The lowest BCUT2D eigenvalue weighted by Crippen LogP contribution is -2.21. The Labute approximate surface area is 130 Å². The number of aliphatic hydroxyl groups is 1. The van der Waals surface area contributed by atoms with Gasteiger partial charge in [-0.1, -0.05) is 0 Å². The van der Waals surface area contributed by atoms with Gasteiger partial charge < -0.3 is 9.84 Å². The van der Waals surface area contributed by atoms with E-state index in [1.807, 2.05) is 24.3 Å². The van der Waals surface area contributed by atoms with Crippen molar-refractivity contribution in [2.75, 3.05) is 20.2 Å². The summed E-state index contributed by atoms with van der Waals surface area (Å²) in [5.41, 5.74) is 2.19. The van der Waals surface area contributed by atoms with E-state index in [0.29, 0.717) is 6.54 Å². The number of hydrogen-bond donors (Lipinski definition) is 1. The van der Waals surface area contributed by atoms with Crippen LogP contribution in [0.1, 0.15) is 11.3 Å². The Balaban J connectivity index is 1.60. The Kier molecular flexibility index (Phi) is 4.65. The summed E-state index contributed by atoms with van der Waals surface area (Å²) in [6, 6.07) is 7.81. The Morgan fingerprint density at radius 2 is 2.05 bits per heavy atom. The lowest BCUT2D eigenvalue weighted by molar-refractivity contribution is 0.141. The molecule has 0 saturated carbocycles. The second-order valence-electron chi connectivity index (χ2n) is 5.77. The number of hydrogen-bond acceptors (Lipinski definition) is 5. The zero-order valence-electron chi connectivity index (χ0n) is 12.7. The van der Waals surface area contributed by atoms with Crippen LogP contribution in [0, 0.1) is 5.92 Å². The zero-order valence-corrected chi connectivity index (χ0v) is 12.7. The average Bonchev–Trinajstić information content (AvgIpc) is 2.88. The van der Waals surface area contributed by atoms with E-state index < -0.39 is 0 Å². The van der Waals surface area contributed by atoms with Crippen LogP contribution in [-0.2, 0) is 13.0 Å². The summed E-state index contributed by atoms with van der Waals surface area (Å²) in [6.45, 7) is 2.30. The third kappa shape index (κ3) is 3.61. The highest BCUT2D eigenvalue weighted by Crippen LogP contribution is 2.23. The molecule has 116 valence electrons. The van der Waals surface area contributed by atoms with E-state index >= 15 is 0 Å². The number of likely N-dealkylation sites (tertiary alicyclic amines) is 1. The van der Waals surface area contributed by atoms with E-state index in [9.17, 15) is 5.11 Å². The van der Waals surface area contributed by atoms with Crippen molar-refractivity contribution in [2.45, 2.75) is 19.1 Å². The summed E-state index contributed by atoms with van der Waals surface area (Å²) in [5.74, 6) is 1.08. The SMILES string of the molecule is COc1ccnc(CN2C[C@@H](Cc3ccncc3)[C@H](O)C2)c1. The van der Waals surface area contributed by atoms with Crippen LogP contribution < -0.4 is 4.74 Å². The minimum atomic E-state index is -0.293. The molecule has 22 heavy (non-hydrogen) atoms. The molecule has 1 aliphatic heterocycles. The van der Waals surface area contributed by atoms with Crippen LogP contribution in [-0.4, -0.2) is 46.3 Å². The summed E-state index contributed by atoms with van der Waals surface area (Å²) in [4.78, 5) is 10.7. The van der Waals surface area contributed by atoms with Crippen LogP contribution in [0.25, 0.3) is 0 Å². The number of ether oxygens (including phenoxy) is 1. The number of methoxy groups -OCH3 is 1. The molecule has 0 bridgehead atoms. The van der Waals surface area contributed by atoms with Gasteiger partial charge in [0.2, 0.25) is 0 Å². The van der Waals surface area contributed by atoms with E-state index in [-0.39, 0.29) is 12.0 Å². The molecule has 0 amide bonds. The lowest BCUT2D eigenvalue weighted by atomic mass is 9.97. The van der Waals surface area contributed by atoms with Gasteiger partial charge in [-0.05, 0) is 30.2 Å². The molecule has 1 fully saturated rings. The number of β-amino-alcohol motifs (C(OH)–C–C–N with tert-alkyl or cyclic N) is 1. The predicted octanol–water partition coefficient (Wildman–Crippen LogP) is 1.52. The number of aliphatic hydroxyl groups excluding tert-OH is 1. The molecule has 2 aromatic heterocycles. The van der Waals surface area contributed by atoms with E-state index in [1.165, 1.54) is 5.56 Å². The van der Waals surface area contributed by atoms with E-state index in [1.54, 1.807) is 25.7 Å². The first-order valence-electron chi connectivity index (χ1n) is 7.53. The Morgan fingerprint density at radius 1 is 1.23 bits per heavy atom. The highest BCUT2D eigenvalue weighted by atomic mass is 16.5. The molecule has 3 rings (SSSR count). The van der Waals surface area contributed by atoms with Crippen LogP contribution in [0.2, 0.25) is 0 Å². The molecule has 0 spiro atoms. The van der Waals surface area contributed by atoms with Gasteiger partial charge in [0.1, 0.15) is 5.75 Å². The smallest absolute Gasteiger partial charge is 0.122 e. The molecule has 0 radical (unpaired) electrons. The van der Waals surface area contributed by atoms with Gasteiger partial charge in [-0.3, -0.25) is 14.9 Å². The first-order chi connectivity index (χ1) is 10.7. The van der Waals surface area contributed by atoms with Crippen molar-refractivity contribution in [3.63, 3.8) is 0 Å². The molecule has 5 heteroatoms. The van der Waals surface area contributed by atoms with Gasteiger partial charge in [-0.25, -0.2) is 0 Å². The summed E-state index contributed by atoms with van der Waals surface area (Å²) in [5, 5.41) is 10.3. The van der Waals surface area contributed by atoms with Crippen molar-refractivity contribution in [3.8, 4) is 5.75 Å². The van der Waals surface area contributed by atoms with Crippen LogP contribution in [0.5, 0.6) is 5.75 Å². The molecule has 0 aliphatic carbocycles. The maximum atomic E-state index is 10.3. The molecule has 1 N–H and O–H groups in total. The molecule has 3 heterocycles. The van der Waals surface area contributed by atoms with Gasteiger partial charge in [-0.2, -0.15) is 0 Å². The molecule has 1 aliphatic rings. The van der Waals surface area contributed by atoms with Crippen LogP contribution in [0.4, 0.5) is 0 Å². The zero-order chi connectivity index (χ0) is 15.4. The number of pyridine rings is 2. The minimum absolute atomic E-state index is 0.257.